The predicted molar refractivity (Wildman–Crippen MR) is 172 cm³/mol. The number of allylic oxidation sites excluding steroid dienone is 2. The Balaban J connectivity index is 1.46. The monoisotopic (exact) mass is 673 g/mol. The standard InChI is InChI=1S/C33H31F4N3O4S2/c1-19-26(16-20-4-11-24(12-5-20)46(3)44)25-13-10-23(34)17-28(25)27(19)18-30(41)39-40-32(43)29(14-15-45-2)38-31(42)21-6-8-22(9-7-21)33(35,36)37/h4-13,16-17,29H,14-15,18H2,1-3H3,(H,38,42)(H,39,41)(H,40,43)/b26-16-. The zero-order chi connectivity index (χ0) is 33.6. The fourth-order valence-corrected chi connectivity index (χ4v) is 5.87. The lowest BCUT2D eigenvalue weighted by atomic mass is 10.0. The van der Waals surface area contributed by atoms with E-state index in [4.69, 9.17) is 0 Å². The number of halogens is 4. The summed E-state index contributed by atoms with van der Waals surface area (Å²) in [6.07, 6.45) is 0.732. The van der Waals surface area contributed by atoms with Crippen LogP contribution in [0.1, 0.15) is 52.4 Å². The number of hydrogen-bond donors (Lipinski definition) is 3. The average molecular weight is 674 g/mol. The molecule has 7 nitrogen and oxygen atoms in total. The van der Waals surface area contributed by atoms with Gasteiger partial charge in [-0.2, -0.15) is 24.9 Å². The van der Waals surface area contributed by atoms with Crippen molar-refractivity contribution in [2.24, 2.45) is 0 Å². The minimum Gasteiger partial charge on any atom is -0.340 e. The number of alkyl halides is 3. The molecular formula is C33H31F4N3O4S2. The average Bonchev–Trinajstić information content (AvgIpc) is 3.26. The van der Waals surface area contributed by atoms with Crippen molar-refractivity contribution in [3.05, 3.63) is 106 Å². The van der Waals surface area contributed by atoms with E-state index < -0.39 is 52.1 Å². The number of hydrogen-bond acceptors (Lipinski definition) is 5. The van der Waals surface area contributed by atoms with Crippen LogP contribution in [0.5, 0.6) is 0 Å². The zero-order valence-electron chi connectivity index (χ0n) is 25.1. The van der Waals surface area contributed by atoms with Crippen LogP contribution in [0.2, 0.25) is 0 Å². The van der Waals surface area contributed by atoms with Gasteiger partial charge in [0.05, 0.1) is 12.0 Å². The lowest BCUT2D eigenvalue weighted by molar-refractivity contribution is -0.137. The lowest BCUT2D eigenvalue weighted by Crippen LogP contribution is -2.52. The molecule has 1 aliphatic rings. The van der Waals surface area contributed by atoms with E-state index in [0.717, 1.165) is 46.5 Å². The van der Waals surface area contributed by atoms with E-state index in [1.54, 1.807) is 30.7 Å². The maximum absolute atomic E-state index is 14.3. The molecule has 0 bridgehead atoms. The highest BCUT2D eigenvalue weighted by Crippen LogP contribution is 2.43. The minimum atomic E-state index is -4.56. The highest BCUT2D eigenvalue weighted by atomic mass is 32.2. The van der Waals surface area contributed by atoms with Gasteiger partial charge in [0.1, 0.15) is 11.9 Å². The first-order chi connectivity index (χ1) is 21.8. The molecule has 2 atom stereocenters. The summed E-state index contributed by atoms with van der Waals surface area (Å²) in [5, 5.41) is 2.52. The van der Waals surface area contributed by atoms with Crippen molar-refractivity contribution < 1.29 is 36.2 Å². The largest absolute Gasteiger partial charge is 0.416 e. The van der Waals surface area contributed by atoms with Gasteiger partial charge in [0.15, 0.2) is 0 Å². The van der Waals surface area contributed by atoms with Gasteiger partial charge in [0.25, 0.3) is 11.8 Å². The first-order valence-corrected chi connectivity index (χ1v) is 16.9. The van der Waals surface area contributed by atoms with Crippen LogP contribution in [0, 0.1) is 5.82 Å². The molecule has 4 rings (SSSR count). The number of nitrogens with one attached hydrogen (secondary N) is 3. The number of benzene rings is 3. The molecule has 3 amide bonds. The van der Waals surface area contributed by atoms with Crippen molar-refractivity contribution >= 4 is 57.5 Å². The van der Waals surface area contributed by atoms with E-state index in [-0.39, 0.29) is 18.4 Å². The number of amides is 3. The van der Waals surface area contributed by atoms with Crippen molar-refractivity contribution in [3.63, 3.8) is 0 Å². The maximum Gasteiger partial charge on any atom is 0.416 e. The highest BCUT2D eigenvalue weighted by Gasteiger charge is 2.31. The Morgan fingerprint density at radius 3 is 2.24 bits per heavy atom. The molecular weight excluding hydrogens is 643 g/mol. The Labute approximate surface area is 270 Å². The molecule has 0 aromatic heterocycles. The molecule has 13 heteroatoms. The third kappa shape index (κ3) is 8.52. The van der Waals surface area contributed by atoms with Crippen LogP contribution in [-0.2, 0) is 26.6 Å². The van der Waals surface area contributed by atoms with Crippen molar-refractivity contribution in [2.45, 2.75) is 36.9 Å². The van der Waals surface area contributed by atoms with Gasteiger partial charge >= 0.3 is 6.18 Å². The zero-order valence-corrected chi connectivity index (χ0v) is 26.7. The minimum absolute atomic E-state index is 0.0614. The third-order valence-electron chi connectivity index (χ3n) is 7.35. The summed E-state index contributed by atoms with van der Waals surface area (Å²) in [7, 11) is -1.13. The number of rotatable bonds is 10. The second-order valence-corrected chi connectivity index (χ2v) is 12.8. The Morgan fingerprint density at radius 2 is 1.63 bits per heavy atom. The summed E-state index contributed by atoms with van der Waals surface area (Å²) in [4.78, 5) is 39.4. The number of carbonyl (C=O) groups is 3. The summed E-state index contributed by atoms with van der Waals surface area (Å²) >= 11 is 1.42. The van der Waals surface area contributed by atoms with Gasteiger partial charge in [0.2, 0.25) is 5.91 Å². The SMILES string of the molecule is CSCCC(NC(=O)c1ccc(C(F)(F)F)cc1)C(=O)NNC(=O)CC1=C(C)/C(=C/c2ccc(S(C)=O)cc2)c2ccc(F)cc21. The fraction of sp³-hybridized carbons (Fsp3) is 0.242. The molecule has 242 valence electrons. The molecule has 0 heterocycles. The summed E-state index contributed by atoms with van der Waals surface area (Å²) in [6, 6.07) is 14.0. The van der Waals surface area contributed by atoms with Gasteiger partial charge in [-0.1, -0.05) is 18.2 Å². The summed E-state index contributed by atoms with van der Waals surface area (Å²) in [5.41, 5.74) is 7.89. The van der Waals surface area contributed by atoms with Crippen LogP contribution in [0.4, 0.5) is 17.6 Å². The van der Waals surface area contributed by atoms with E-state index in [1.807, 2.05) is 25.1 Å². The van der Waals surface area contributed by atoms with E-state index in [2.05, 4.69) is 16.2 Å². The molecule has 0 spiro atoms. The fourth-order valence-electron chi connectivity index (χ4n) is 4.88. The molecule has 0 aliphatic heterocycles. The van der Waals surface area contributed by atoms with Crippen LogP contribution in [0.15, 0.2) is 77.2 Å². The van der Waals surface area contributed by atoms with E-state index in [1.165, 1.54) is 23.9 Å². The van der Waals surface area contributed by atoms with Gasteiger partial charge in [-0.3, -0.25) is 29.4 Å². The molecule has 0 fully saturated rings. The maximum atomic E-state index is 14.3. The quantitative estimate of drug-likeness (QED) is 0.181. The Bertz CT molecular complexity index is 1720. The summed E-state index contributed by atoms with van der Waals surface area (Å²) in [6.45, 7) is 1.82. The first kappa shape index (κ1) is 34.6. The van der Waals surface area contributed by atoms with Crippen LogP contribution in [-0.4, -0.2) is 46.2 Å². The van der Waals surface area contributed by atoms with Crippen LogP contribution in [0.3, 0.4) is 0 Å². The molecule has 0 radical (unpaired) electrons. The molecule has 0 saturated carbocycles. The second kappa shape index (κ2) is 14.9. The van der Waals surface area contributed by atoms with E-state index in [9.17, 15) is 36.2 Å². The second-order valence-electron chi connectivity index (χ2n) is 10.5. The highest BCUT2D eigenvalue weighted by molar-refractivity contribution is 7.98. The molecule has 3 aromatic rings. The Morgan fingerprint density at radius 1 is 0.957 bits per heavy atom. The van der Waals surface area contributed by atoms with E-state index >= 15 is 0 Å². The van der Waals surface area contributed by atoms with Crippen molar-refractivity contribution in [2.75, 3.05) is 18.3 Å². The van der Waals surface area contributed by atoms with Gasteiger partial charge in [-0.15, -0.1) is 0 Å². The molecule has 3 N–H and O–H groups in total. The van der Waals surface area contributed by atoms with Gasteiger partial charge in [0, 0.05) is 27.5 Å². The Kier molecular flexibility index (Phi) is 11.2. The lowest BCUT2D eigenvalue weighted by Gasteiger charge is -2.19. The normalized spacial score (nSPS) is 14.9. The van der Waals surface area contributed by atoms with Gasteiger partial charge in [-0.25, -0.2) is 4.39 Å². The summed E-state index contributed by atoms with van der Waals surface area (Å²) in [5.74, 6) is -2.06. The van der Waals surface area contributed by atoms with Crippen LogP contribution in [0.25, 0.3) is 17.2 Å². The van der Waals surface area contributed by atoms with E-state index in [0.29, 0.717) is 21.8 Å². The molecule has 1 aliphatic carbocycles. The van der Waals surface area contributed by atoms with Gasteiger partial charge in [-0.05, 0) is 113 Å². The molecule has 0 saturated heterocycles. The van der Waals surface area contributed by atoms with Crippen LogP contribution < -0.4 is 16.2 Å². The Hall–Kier alpha value is -4.23. The topological polar surface area (TPSA) is 104 Å². The molecule has 2 unspecified atom stereocenters. The third-order valence-corrected chi connectivity index (χ3v) is 8.93. The van der Waals surface area contributed by atoms with Gasteiger partial charge < -0.3 is 5.32 Å². The predicted octanol–water partition coefficient (Wildman–Crippen LogP) is 6.00. The first-order valence-electron chi connectivity index (χ1n) is 14.0. The number of fused-ring (bicyclic) bond motifs is 1. The van der Waals surface area contributed by atoms with Crippen LogP contribution >= 0.6 is 11.8 Å². The van der Waals surface area contributed by atoms with Crippen molar-refractivity contribution in [1.29, 1.82) is 0 Å². The molecule has 3 aromatic carbocycles. The van der Waals surface area contributed by atoms with Crippen molar-refractivity contribution in [3.8, 4) is 0 Å². The summed E-state index contributed by atoms with van der Waals surface area (Å²) < 4.78 is 64.7. The number of carbonyl (C=O) groups excluding carboxylic acids is 3. The van der Waals surface area contributed by atoms with Crippen molar-refractivity contribution in [1.82, 2.24) is 16.2 Å². The number of thioether (sulfide) groups is 1. The number of hydrazine groups is 1. The smallest absolute Gasteiger partial charge is 0.340 e. The molecule has 46 heavy (non-hydrogen) atoms.